The van der Waals surface area contributed by atoms with E-state index in [-0.39, 0.29) is 6.03 Å². The second-order valence-electron chi connectivity index (χ2n) is 5.02. The zero-order valence-electron chi connectivity index (χ0n) is 12.7. The average Bonchev–Trinajstić information content (AvgIpc) is 2.54. The molecule has 0 radical (unpaired) electrons. The summed E-state index contributed by atoms with van der Waals surface area (Å²) in [7, 11) is 0. The van der Waals surface area contributed by atoms with Crippen molar-refractivity contribution in [2.45, 2.75) is 13.5 Å². The third kappa shape index (κ3) is 6.00. The zero-order chi connectivity index (χ0) is 16.7. The normalized spacial score (nSPS) is 10.2. The predicted molar refractivity (Wildman–Crippen MR) is 93.4 cm³/mol. The Morgan fingerprint density at radius 1 is 1.09 bits per heavy atom. The highest BCUT2D eigenvalue weighted by Crippen LogP contribution is 2.24. The van der Waals surface area contributed by atoms with Crippen LogP contribution in [0.1, 0.15) is 11.1 Å². The first-order valence-electron chi connectivity index (χ1n) is 7.19. The van der Waals surface area contributed by atoms with Crippen molar-refractivity contribution in [1.29, 1.82) is 0 Å². The van der Waals surface area contributed by atoms with Crippen molar-refractivity contribution in [3.05, 3.63) is 63.6 Å². The molecule has 6 heteroatoms. The molecule has 0 aromatic heterocycles. The summed E-state index contributed by atoms with van der Waals surface area (Å²) < 4.78 is 5.55. The van der Waals surface area contributed by atoms with E-state index in [9.17, 15) is 4.79 Å². The molecule has 0 unspecified atom stereocenters. The lowest BCUT2D eigenvalue weighted by molar-refractivity contribution is 0.236. The Morgan fingerprint density at radius 3 is 2.57 bits per heavy atom. The van der Waals surface area contributed by atoms with E-state index >= 15 is 0 Å². The molecule has 0 fully saturated rings. The van der Waals surface area contributed by atoms with Crippen molar-refractivity contribution in [3.8, 4) is 5.75 Å². The van der Waals surface area contributed by atoms with Crippen LogP contribution in [0.4, 0.5) is 4.79 Å². The number of ether oxygens (including phenoxy) is 1. The number of halogens is 2. The molecule has 0 atom stereocenters. The van der Waals surface area contributed by atoms with Gasteiger partial charge < -0.3 is 15.4 Å². The van der Waals surface area contributed by atoms with E-state index in [4.69, 9.17) is 27.9 Å². The van der Waals surface area contributed by atoms with Gasteiger partial charge in [0.1, 0.15) is 12.4 Å². The number of amides is 2. The lowest BCUT2D eigenvalue weighted by atomic mass is 10.2. The number of carbonyl (C=O) groups is 1. The highest BCUT2D eigenvalue weighted by molar-refractivity contribution is 6.32. The highest BCUT2D eigenvalue weighted by Gasteiger charge is 2.03. The maximum absolute atomic E-state index is 11.7. The molecule has 4 nitrogen and oxygen atoms in total. The molecule has 0 aliphatic carbocycles. The van der Waals surface area contributed by atoms with Crippen LogP contribution in [-0.4, -0.2) is 19.2 Å². The highest BCUT2D eigenvalue weighted by atomic mass is 35.5. The summed E-state index contributed by atoms with van der Waals surface area (Å²) in [6.45, 7) is 3.13. The van der Waals surface area contributed by atoms with Gasteiger partial charge in [-0.05, 0) is 42.3 Å². The van der Waals surface area contributed by atoms with Gasteiger partial charge in [-0.3, -0.25) is 0 Å². The largest absolute Gasteiger partial charge is 0.490 e. The topological polar surface area (TPSA) is 50.4 Å². The van der Waals surface area contributed by atoms with Crippen LogP contribution in [-0.2, 0) is 6.54 Å². The molecule has 2 aromatic rings. The van der Waals surface area contributed by atoms with Crippen molar-refractivity contribution < 1.29 is 9.53 Å². The second kappa shape index (κ2) is 8.65. The predicted octanol–water partition coefficient (Wildman–Crippen LogP) is 4.18. The fraction of sp³-hybridized carbons (Fsp3) is 0.235. The van der Waals surface area contributed by atoms with Crippen molar-refractivity contribution in [2.24, 2.45) is 0 Å². The zero-order valence-corrected chi connectivity index (χ0v) is 14.2. The van der Waals surface area contributed by atoms with Crippen molar-refractivity contribution in [1.82, 2.24) is 10.6 Å². The number of benzene rings is 2. The van der Waals surface area contributed by atoms with Gasteiger partial charge in [0, 0.05) is 11.6 Å². The van der Waals surface area contributed by atoms with E-state index in [1.54, 1.807) is 18.2 Å². The molecule has 0 saturated carbocycles. The number of rotatable bonds is 6. The molecule has 0 aliphatic heterocycles. The maximum Gasteiger partial charge on any atom is 0.315 e. The molecular weight excluding hydrogens is 335 g/mol. The van der Waals surface area contributed by atoms with Crippen LogP contribution in [0.25, 0.3) is 0 Å². The van der Waals surface area contributed by atoms with Crippen molar-refractivity contribution in [3.63, 3.8) is 0 Å². The monoisotopic (exact) mass is 352 g/mol. The standard InChI is InChI=1S/C17H18Cl2N2O2/c1-12-2-7-15(19)16(10-12)23-9-8-20-17(22)21-11-13-3-5-14(18)6-4-13/h2-7,10H,8-9,11H2,1H3,(H2,20,21,22). The van der Waals surface area contributed by atoms with Gasteiger partial charge in [-0.25, -0.2) is 4.79 Å². The quantitative estimate of drug-likeness (QED) is 0.766. The lowest BCUT2D eigenvalue weighted by Gasteiger charge is -2.10. The molecule has 23 heavy (non-hydrogen) atoms. The molecule has 2 rings (SSSR count). The Kier molecular flexibility index (Phi) is 6.56. The molecule has 0 spiro atoms. The van der Waals surface area contributed by atoms with E-state index in [0.717, 1.165) is 11.1 Å². The molecule has 2 amide bonds. The molecular formula is C17H18Cl2N2O2. The van der Waals surface area contributed by atoms with Gasteiger partial charge in [-0.1, -0.05) is 41.4 Å². The summed E-state index contributed by atoms with van der Waals surface area (Å²) in [4.78, 5) is 11.7. The number of urea groups is 1. The van der Waals surface area contributed by atoms with E-state index < -0.39 is 0 Å². The van der Waals surface area contributed by atoms with E-state index in [0.29, 0.717) is 35.5 Å². The SMILES string of the molecule is Cc1ccc(Cl)c(OCCNC(=O)NCc2ccc(Cl)cc2)c1. The lowest BCUT2D eigenvalue weighted by Crippen LogP contribution is -2.37. The Bertz CT molecular complexity index is 660. The van der Waals surface area contributed by atoms with Gasteiger partial charge in [0.25, 0.3) is 0 Å². The van der Waals surface area contributed by atoms with E-state index in [2.05, 4.69) is 10.6 Å². The van der Waals surface area contributed by atoms with Crippen LogP contribution in [0.5, 0.6) is 5.75 Å². The summed E-state index contributed by atoms with van der Waals surface area (Å²) >= 11 is 11.8. The molecule has 0 bridgehead atoms. The second-order valence-corrected chi connectivity index (χ2v) is 5.86. The number of hydrogen-bond acceptors (Lipinski definition) is 2. The van der Waals surface area contributed by atoms with E-state index in [1.165, 1.54) is 0 Å². The van der Waals surface area contributed by atoms with Gasteiger partial charge in [0.15, 0.2) is 0 Å². The summed E-state index contributed by atoms with van der Waals surface area (Å²) in [5.41, 5.74) is 2.05. The number of aryl methyl sites for hydroxylation is 1. The molecule has 0 heterocycles. The summed E-state index contributed by atoms with van der Waals surface area (Å²) in [6.07, 6.45) is 0. The minimum Gasteiger partial charge on any atom is -0.490 e. The van der Waals surface area contributed by atoms with Crippen LogP contribution >= 0.6 is 23.2 Å². The molecule has 2 N–H and O–H groups in total. The first-order chi connectivity index (χ1) is 11.0. The third-order valence-electron chi connectivity index (χ3n) is 3.10. The fourth-order valence-electron chi connectivity index (χ4n) is 1.89. The molecule has 2 aromatic carbocycles. The number of nitrogens with one attached hydrogen (secondary N) is 2. The average molecular weight is 353 g/mol. The van der Waals surface area contributed by atoms with Crippen LogP contribution in [0.3, 0.4) is 0 Å². The summed E-state index contributed by atoms with van der Waals surface area (Å²) in [5, 5.41) is 6.72. The van der Waals surface area contributed by atoms with Gasteiger partial charge in [0.05, 0.1) is 11.6 Å². The molecule has 0 aliphatic rings. The van der Waals surface area contributed by atoms with Crippen LogP contribution in [0.15, 0.2) is 42.5 Å². The Morgan fingerprint density at radius 2 is 1.83 bits per heavy atom. The molecule has 122 valence electrons. The van der Waals surface area contributed by atoms with Crippen LogP contribution in [0.2, 0.25) is 10.0 Å². The minimum absolute atomic E-state index is 0.251. The van der Waals surface area contributed by atoms with Crippen molar-refractivity contribution in [2.75, 3.05) is 13.2 Å². The number of carbonyl (C=O) groups excluding carboxylic acids is 1. The smallest absolute Gasteiger partial charge is 0.315 e. The Balaban J connectivity index is 1.66. The van der Waals surface area contributed by atoms with Crippen LogP contribution in [0, 0.1) is 6.92 Å². The van der Waals surface area contributed by atoms with Gasteiger partial charge >= 0.3 is 6.03 Å². The number of hydrogen-bond donors (Lipinski definition) is 2. The van der Waals surface area contributed by atoms with Crippen LogP contribution < -0.4 is 15.4 Å². The van der Waals surface area contributed by atoms with E-state index in [1.807, 2.05) is 31.2 Å². The summed E-state index contributed by atoms with van der Waals surface area (Å²) in [6, 6.07) is 12.6. The fourth-order valence-corrected chi connectivity index (χ4v) is 2.19. The van der Waals surface area contributed by atoms with Crippen molar-refractivity contribution >= 4 is 29.2 Å². The Hall–Kier alpha value is -1.91. The van der Waals surface area contributed by atoms with Gasteiger partial charge in [-0.15, -0.1) is 0 Å². The van der Waals surface area contributed by atoms with Gasteiger partial charge in [-0.2, -0.15) is 0 Å². The minimum atomic E-state index is -0.251. The summed E-state index contributed by atoms with van der Waals surface area (Å²) in [5.74, 6) is 0.620. The first kappa shape index (κ1) is 17.4. The maximum atomic E-state index is 11.7. The Labute approximate surface area is 145 Å². The first-order valence-corrected chi connectivity index (χ1v) is 7.95. The van der Waals surface area contributed by atoms with Gasteiger partial charge in [0.2, 0.25) is 0 Å². The third-order valence-corrected chi connectivity index (χ3v) is 3.66. The molecule has 0 saturated heterocycles.